The van der Waals surface area contributed by atoms with Crippen LogP contribution in [0.4, 0.5) is 0 Å². The van der Waals surface area contributed by atoms with Crippen molar-refractivity contribution in [2.24, 2.45) is 0 Å². The first kappa shape index (κ1) is 36.9. The maximum Gasteiger partial charge on any atom is 0 e. The molecule has 0 atom stereocenters. The molecule has 0 aromatic rings. The van der Waals surface area contributed by atoms with Gasteiger partial charge in [-0.05, 0) is 11.0 Å². The van der Waals surface area contributed by atoms with Crippen molar-refractivity contribution in [3.63, 3.8) is 0 Å². The summed E-state index contributed by atoms with van der Waals surface area (Å²) in [5.41, 5.74) is 0. The topological polar surface area (TPSA) is 0 Å². The molecule has 0 saturated carbocycles. The third-order valence-electron chi connectivity index (χ3n) is 0. The van der Waals surface area contributed by atoms with Gasteiger partial charge in [-0.1, -0.05) is 0 Å². The van der Waals surface area contributed by atoms with Crippen molar-refractivity contribution in [1.29, 1.82) is 0 Å². The number of rotatable bonds is 0. The van der Waals surface area contributed by atoms with Gasteiger partial charge in [-0.15, -0.1) is 0 Å². The summed E-state index contributed by atoms with van der Waals surface area (Å²) >= 11 is 0. The van der Waals surface area contributed by atoms with Crippen molar-refractivity contribution < 1.29 is 47.9 Å². The molecule has 0 aliphatic rings. The molecule has 0 heterocycles. The molecule has 0 bridgehead atoms. The Hall–Kier alpha value is 3.83. The van der Waals surface area contributed by atoms with Crippen molar-refractivity contribution in [1.82, 2.24) is 0 Å². The zero-order chi connectivity index (χ0) is 0. The van der Waals surface area contributed by atoms with E-state index < -0.39 is 0 Å². The fourth-order valence-corrected chi connectivity index (χ4v) is 0. The summed E-state index contributed by atoms with van der Waals surface area (Å²) in [5, 5.41) is 0. The van der Waals surface area contributed by atoms with E-state index in [1.807, 2.05) is 0 Å². The van der Waals surface area contributed by atoms with Gasteiger partial charge in [0, 0.05) is 47.9 Å². The Labute approximate surface area is 119 Å². The monoisotopic (exact) mass is 290 g/mol. The van der Waals surface area contributed by atoms with Crippen molar-refractivity contribution in [3.8, 4) is 0 Å². The van der Waals surface area contributed by atoms with Gasteiger partial charge in [0.15, 0.2) is 17.4 Å². The maximum atomic E-state index is 0. The van der Waals surface area contributed by atoms with E-state index in [0.29, 0.717) is 0 Å². The third kappa shape index (κ3) is 18.1. The molecule has 0 amide bonds. The van der Waals surface area contributed by atoms with Gasteiger partial charge in [0.25, 0.3) is 0 Å². The zero-order valence-corrected chi connectivity index (χ0v) is 5.02. The quantitative estimate of drug-likeness (QED) is 0.405. The van der Waals surface area contributed by atoms with Gasteiger partial charge in [-0.2, -0.15) is 0 Å². The van der Waals surface area contributed by atoms with Crippen LogP contribution in [0.2, 0.25) is 0 Å². The van der Waals surface area contributed by atoms with Gasteiger partial charge in [0.05, 0.1) is 0 Å². The first-order valence-corrected chi connectivity index (χ1v) is 0. The molecular weight excluding hydrogens is 282 g/mol. The van der Waals surface area contributed by atoms with E-state index >= 15 is 0 Å². The number of hydrogen-bond acceptors (Lipinski definition) is 0. The van der Waals surface area contributed by atoms with Crippen LogP contribution in [-0.2, 0) is 47.9 Å². The minimum atomic E-state index is 0. The van der Waals surface area contributed by atoms with Crippen LogP contribution in [0.5, 0.6) is 0 Å². The zero-order valence-electron chi connectivity index (χ0n) is 1.00. The third-order valence-corrected chi connectivity index (χ3v) is 0. The van der Waals surface area contributed by atoms with Crippen molar-refractivity contribution >= 4 is 73.8 Å². The van der Waals surface area contributed by atoms with Gasteiger partial charge in [0.2, 0.25) is 0 Å². The Kier molecular flexibility index (Phi) is 184. The Morgan fingerprint density at radius 1 is 1.00 bits per heavy atom. The van der Waals surface area contributed by atoms with Gasteiger partial charge in [0.1, 0.15) is 0 Å². The minimum absolute atomic E-state index is 0. The summed E-state index contributed by atoms with van der Waals surface area (Å²) in [6.45, 7) is 0. The minimum Gasteiger partial charge on any atom is 0 e. The maximum absolute atomic E-state index is 0. The molecule has 0 unspecified atom stereocenters. The molecule has 0 fully saturated rings. The summed E-state index contributed by atoms with van der Waals surface area (Å²) in [6, 6.07) is 0. The summed E-state index contributed by atoms with van der Waals surface area (Å²) in [5.74, 6) is 0. The van der Waals surface area contributed by atoms with Gasteiger partial charge in [-0.25, -0.2) is 0 Å². The summed E-state index contributed by atoms with van der Waals surface area (Å²) in [4.78, 5) is 0. The van der Waals surface area contributed by atoms with Crippen molar-refractivity contribution in [2.45, 2.75) is 0 Å². The molecule has 0 aliphatic heterocycles. The summed E-state index contributed by atoms with van der Waals surface area (Å²) in [7, 11) is 0. The molecular formula is H9AlSiSrTiZr. The molecule has 0 saturated heterocycles. The van der Waals surface area contributed by atoms with E-state index in [1.165, 1.54) is 0 Å². The Morgan fingerprint density at radius 3 is 1.00 bits per heavy atom. The van der Waals surface area contributed by atoms with E-state index in [1.54, 1.807) is 0 Å². The molecule has 0 N–H and O–H groups in total. The molecule has 0 nitrogen and oxygen atoms in total. The summed E-state index contributed by atoms with van der Waals surface area (Å²) in [6.07, 6.45) is 0. The van der Waals surface area contributed by atoms with Crippen LogP contribution in [0.15, 0.2) is 0 Å². The average Bonchev–Trinajstić information content (AvgIpc) is 0. The molecule has 0 radical (unpaired) electrons. The standard InChI is InChI=1S/Al.H4Si.Sr.Ti.Zr.5H/h;1H4;;;;;;;;. The Bertz CT molecular complexity index is 11.6. The normalized spacial score (nSPS) is 0. The Morgan fingerprint density at radius 2 is 1.00 bits per heavy atom. The van der Waals surface area contributed by atoms with Gasteiger partial charge >= 0.3 is 45.5 Å². The smallest absolute Gasteiger partial charge is 0 e. The van der Waals surface area contributed by atoms with Gasteiger partial charge < -0.3 is 0 Å². The van der Waals surface area contributed by atoms with Gasteiger partial charge in [-0.3, -0.25) is 0 Å². The van der Waals surface area contributed by atoms with E-state index in [0.717, 1.165) is 0 Å². The fraction of sp³-hybridized carbons (Fsp3) is 0. The van der Waals surface area contributed by atoms with E-state index in [2.05, 4.69) is 0 Å². The number of hydrogen-bond donors (Lipinski definition) is 0. The molecule has 0 aromatic heterocycles. The van der Waals surface area contributed by atoms with Crippen LogP contribution in [0.3, 0.4) is 0 Å². The van der Waals surface area contributed by atoms with Crippen LogP contribution in [-0.4, -0.2) is 73.8 Å². The largest absolute Gasteiger partial charge is 0 e. The van der Waals surface area contributed by atoms with E-state index in [4.69, 9.17) is 0 Å². The predicted molar refractivity (Wildman–Crippen MR) is 29.8 cm³/mol. The first-order chi connectivity index (χ1) is 0. The van der Waals surface area contributed by atoms with Crippen LogP contribution >= 0.6 is 0 Å². The predicted octanol–water partition coefficient (Wildman–Crippen LogP) is -3.56. The van der Waals surface area contributed by atoms with Crippen LogP contribution < -0.4 is 0 Å². The summed E-state index contributed by atoms with van der Waals surface area (Å²) < 4.78 is 0. The van der Waals surface area contributed by atoms with Crippen LogP contribution in [0, 0.1) is 0 Å². The van der Waals surface area contributed by atoms with Crippen LogP contribution in [0.1, 0.15) is 0 Å². The second-order valence-electron chi connectivity index (χ2n) is 0. The molecule has 0 aliphatic carbocycles. The SMILES string of the molecule is [AlH3].[SiH4].[SrH2].[Ti].[Zr]. The fourth-order valence-electron chi connectivity index (χ4n) is 0. The van der Waals surface area contributed by atoms with Crippen molar-refractivity contribution in [2.75, 3.05) is 0 Å². The van der Waals surface area contributed by atoms with Crippen molar-refractivity contribution in [3.05, 3.63) is 0 Å². The molecule has 0 spiro atoms. The average molecular weight is 291 g/mol. The molecule has 5 heteroatoms. The first-order valence-electron chi connectivity index (χ1n) is 0. The molecule has 0 aromatic carbocycles. The van der Waals surface area contributed by atoms with E-state index in [-0.39, 0.29) is 122 Å². The van der Waals surface area contributed by atoms with Crippen LogP contribution in [0.25, 0.3) is 0 Å². The second kappa shape index (κ2) is 24.9. The molecule has 0 rings (SSSR count). The molecule has 26 valence electrons. The second-order valence-corrected chi connectivity index (χ2v) is 0. The Balaban J connectivity index is 0. The van der Waals surface area contributed by atoms with E-state index in [9.17, 15) is 0 Å². The molecule has 5 heavy (non-hydrogen) atoms.